The first kappa shape index (κ1) is 20.0. The van der Waals surface area contributed by atoms with E-state index >= 15 is 0 Å². The topological polar surface area (TPSA) is 137 Å². The van der Waals surface area contributed by atoms with Crippen LogP contribution in [0, 0.1) is 0 Å². The van der Waals surface area contributed by atoms with Crippen LogP contribution in [-0.2, 0) is 23.0 Å². The van der Waals surface area contributed by atoms with Crippen LogP contribution >= 0.6 is 11.3 Å². The van der Waals surface area contributed by atoms with Gasteiger partial charge in [0.2, 0.25) is 10.0 Å². The van der Waals surface area contributed by atoms with Crippen LogP contribution in [0.25, 0.3) is 0 Å². The van der Waals surface area contributed by atoms with Crippen LogP contribution in [-0.4, -0.2) is 36.1 Å². The molecule has 0 radical (unpaired) electrons. The van der Waals surface area contributed by atoms with Crippen LogP contribution in [0.3, 0.4) is 0 Å². The Morgan fingerprint density at radius 1 is 1.18 bits per heavy atom. The number of nitrogens with zero attached hydrogens (tertiary/aromatic N) is 1. The fraction of sp³-hybridized carbons (Fsp3) is 0.235. The lowest BCUT2D eigenvalue weighted by Crippen LogP contribution is -2.25. The molecule has 2 aromatic heterocycles. The van der Waals surface area contributed by atoms with Crippen LogP contribution in [0.5, 0.6) is 0 Å². The summed E-state index contributed by atoms with van der Waals surface area (Å²) in [7, 11) is -3.64. The zero-order valence-electron chi connectivity index (χ0n) is 14.8. The molecule has 0 saturated carbocycles. The number of hydrogen-bond donors (Lipinski definition) is 4. The lowest BCUT2D eigenvalue weighted by molar-refractivity contribution is 0.0953. The van der Waals surface area contributed by atoms with Crippen molar-refractivity contribution >= 4 is 27.3 Å². The monoisotopic (exact) mass is 421 g/mol. The van der Waals surface area contributed by atoms with Gasteiger partial charge in [0.25, 0.3) is 5.91 Å². The maximum absolute atomic E-state index is 12.3. The molecule has 0 saturated heterocycles. The van der Waals surface area contributed by atoms with Gasteiger partial charge in [-0.3, -0.25) is 9.78 Å². The van der Waals surface area contributed by atoms with Gasteiger partial charge >= 0.3 is 5.69 Å². The summed E-state index contributed by atoms with van der Waals surface area (Å²) in [6.07, 6.45) is 1.12. The average Bonchev–Trinajstić information content (AvgIpc) is 3.35. The summed E-state index contributed by atoms with van der Waals surface area (Å²) in [5, 5.41) is 10.7. The number of benzene rings is 1. The number of H-pyrrole nitrogens is 2. The minimum atomic E-state index is -3.64. The molecule has 0 aliphatic heterocycles. The van der Waals surface area contributed by atoms with E-state index in [1.54, 1.807) is 0 Å². The van der Waals surface area contributed by atoms with Gasteiger partial charge in [0.15, 0.2) is 0 Å². The molecule has 0 fully saturated rings. The van der Waals surface area contributed by atoms with Crippen LogP contribution < -0.4 is 15.7 Å². The smallest absolute Gasteiger partial charge is 0.340 e. The van der Waals surface area contributed by atoms with Gasteiger partial charge in [-0.15, -0.1) is 11.3 Å². The highest BCUT2D eigenvalue weighted by Gasteiger charge is 2.15. The van der Waals surface area contributed by atoms with Crippen molar-refractivity contribution in [1.29, 1.82) is 0 Å². The number of amides is 1. The Morgan fingerprint density at radius 3 is 2.61 bits per heavy atom. The standard InChI is InChI=1S/C17H19N5O4S2/c23-16(18-9-1-4-15-20-17(24)22-21-15)12-5-7-14(8-6-12)28(25,26)19-11-13-3-2-10-27-13/h2-3,5-8,10,19H,1,4,9,11H2,(H,18,23)(H2,20,21,22,24). The van der Waals surface area contributed by atoms with Gasteiger partial charge in [-0.1, -0.05) is 6.07 Å². The second-order valence-electron chi connectivity index (χ2n) is 5.91. The van der Waals surface area contributed by atoms with E-state index in [-0.39, 0.29) is 23.0 Å². The molecule has 1 amide bonds. The van der Waals surface area contributed by atoms with Gasteiger partial charge < -0.3 is 5.32 Å². The van der Waals surface area contributed by atoms with E-state index < -0.39 is 10.0 Å². The molecule has 9 nitrogen and oxygen atoms in total. The summed E-state index contributed by atoms with van der Waals surface area (Å²) < 4.78 is 27.2. The molecular formula is C17H19N5O4S2. The summed E-state index contributed by atoms with van der Waals surface area (Å²) in [6.45, 7) is 0.625. The Hall–Kier alpha value is -2.76. The molecule has 11 heteroatoms. The fourth-order valence-corrected chi connectivity index (χ4v) is 4.17. The predicted octanol–water partition coefficient (Wildman–Crippen LogP) is 1.00. The first-order valence-electron chi connectivity index (χ1n) is 8.48. The van der Waals surface area contributed by atoms with Crippen molar-refractivity contribution in [2.45, 2.75) is 24.3 Å². The number of rotatable bonds is 9. The largest absolute Gasteiger partial charge is 0.352 e. The zero-order chi connectivity index (χ0) is 20.0. The summed E-state index contributed by atoms with van der Waals surface area (Å²) in [4.78, 5) is 26.6. The molecule has 0 spiro atoms. The molecule has 3 aromatic rings. The van der Waals surface area contributed by atoms with Crippen molar-refractivity contribution in [2.75, 3.05) is 6.54 Å². The summed E-state index contributed by atoms with van der Waals surface area (Å²) in [6, 6.07) is 9.46. The molecule has 4 N–H and O–H groups in total. The second kappa shape index (κ2) is 8.95. The number of carbonyl (C=O) groups excluding carboxylic acids is 1. The van der Waals surface area contributed by atoms with Crippen molar-refractivity contribution in [3.05, 3.63) is 68.5 Å². The Balaban J connectivity index is 1.49. The maximum Gasteiger partial charge on any atom is 0.340 e. The number of thiophene rings is 1. The van der Waals surface area contributed by atoms with E-state index in [2.05, 4.69) is 25.2 Å². The van der Waals surface area contributed by atoms with Gasteiger partial charge in [-0.25, -0.2) is 23.0 Å². The van der Waals surface area contributed by atoms with Crippen molar-refractivity contribution < 1.29 is 13.2 Å². The highest BCUT2D eigenvalue weighted by atomic mass is 32.2. The van der Waals surface area contributed by atoms with Gasteiger partial charge in [-0.2, -0.15) is 5.10 Å². The minimum absolute atomic E-state index is 0.100. The normalized spacial score (nSPS) is 11.4. The average molecular weight is 422 g/mol. The second-order valence-corrected chi connectivity index (χ2v) is 8.71. The van der Waals surface area contributed by atoms with Gasteiger partial charge in [0.1, 0.15) is 5.82 Å². The van der Waals surface area contributed by atoms with E-state index in [0.29, 0.717) is 30.8 Å². The molecule has 1 aromatic carbocycles. The molecule has 0 aliphatic rings. The van der Waals surface area contributed by atoms with E-state index in [0.717, 1.165) is 4.88 Å². The Morgan fingerprint density at radius 2 is 1.96 bits per heavy atom. The third-order valence-corrected chi connectivity index (χ3v) is 6.16. The molecule has 3 rings (SSSR count). The lowest BCUT2D eigenvalue weighted by atomic mass is 10.2. The van der Waals surface area contributed by atoms with Crippen LogP contribution in [0.4, 0.5) is 0 Å². The van der Waals surface area contributed by atoms with E-state index in [4.69, 9.17) is 0 Å². The fourth-order valence-electron chi connectivity index (χ4n) is 2.43. The predicted molar refractivity (Wildman–Crippen MR) is 105 cm³/mol. The van der Waals surface area contributed by atoms with Crippen molar-refractivity contribution in [1.82, 2.24) is 25.2 Å². The van der Waals surface area contributed by atoms with Crippen molar-refractivity contribution in [3.8, 4) is 0 Å². The number of nitrogens with one attached hydrogen (secondary N) is 4. The zero-order valence-corrected chi connectivity index (χ0v) is 16.4. The van der Waals surface area contributed by atoms with E-state index in [1.807, 2.05) is 17.5 Å². The van der Waals surface area contributed by atoms with Crippen LogP contribution in [0.15, 0.2) is 51.5 Å². The Bertz CT molecular complexity index is 1070. The van der Waals surface area contributed by atoms with Gasteiger partial charge in [0, 0.05) is 30.0 Å². The maximum atomic E-state index is 12.3. The minimum Gasteiger partial charge on any atom is -0.352 e. The summed E-state index contributed by atoms with van der Waals surface area (Å²) in [5.74, 6) is 0.231. The molecule has 2 heterocycles. The van der Waals surface area contributed by atoms with Crippen molar-refractivity contribution in [2.24, 2.45) is 0 Å². The highest BCUT2D eigenvalue weighted by Crippen LogP contribution is 2.13. The molecule has 0 atom stereocenters. The van der Waals surface area contributed by atoms with E-state index in [9.17, 15) is 18.0 Å². The third-order valence-electron chi connectivity index (χ3n) is 3.87. The molecule has 28 heavy (non-hydrogen) atoms. The Kier molecular flexibility index (Phi) is 6.39. The quantitative estimate of drug-likeness (QED) is 0.382. The molecule has 0 unspecified atom stereocenters. The number of aromatic amines is 2. The number of sulfonamides is 1. The van der Waals surface area contributed by atoms with Gasteiger partial charge in [0.05, 0.1) is 4.90 Å². The number of carbonyl (C=O) groups is 1. The summed E-state index contributed by atoms with van der Waals surface area (Å²) in [5.41, 5.74) is 0.00402. The lowest BCUT2D eigenvalue weighted by Gasteiger charge is -2.08. The third kappa shape index (κ3) is 5.38. The SMILES string of the molecule is O=C(NCCCc1n[nH]c(=O)[nH]1)c1ccc(S(=O)(=O)NCc2cccs2)cc1. The van der Waals surface area contributed by atoms with Gasteiger partial charge in [-0.05, 0) is 42.1 Å². The molecular weight excluding hydrogens is 402 g/mol. The highest BCUT2D eigenvalue weighted by molar-refractivity contribution is 7.89. The summed E-state index contributed by atoms with van der Waals surface area (Å²) >= 11 is 1.47. The Labute approximate surface area is 165 Å². The van der Waals surface area contributed by atoms with Crippen LogP contribution in [0.2, 0.25) is 0 Å². The first-order valence-corrected chi connectivity index (χ1v) is 10.8. The molecule has 0 aliphatic carbocycles. The molecule has 148 valence electrons. The number of hydrogen-bond acceptors (Lipinski definition) is 6. The number of aromatic nitrogens is 3. The van der Waals surface area contributed by atoms with Crippen LogP contribution in [0.1, 0.15) is 27.5 Å². The van der Waals surface area contributed by atoms with Crippen molar-refractivity contribution in [3.63, 3.8) is 0 Å². The number of aryl methyl sites for hydroxylation is 1. The van der Waals surface area contributed by atoms with E-state index in [1.165, 1.54) is 35.6 Å². The first-order chi connectivity index (χ1) is 13.4. The molecule has 0 bridgehead atoms.